The number of carbonyl (C=O) groups excluding carboxylic acids is 2. The van der Waals surface area contributed by atoms with Gasteiger partial charge in [-0.2, -0.15) is 0 Å². The predicted molar refractivity (Wildman–Crippen MR) is 139 cm³/mol. The molecule has 0 bridgehead atoms. The molecule has 2 aliphatic heterocycles. The molecule has 2 aromatic rings. The molecule has 1 aliphatic carbocycles. The molecule has 3 aliphatic rings. The van der Waals surface area contributed by atoms with Gasteiger partial charge in [-0.15, -0.1) is 0 Å². The van der Waals surface area contributed by atoms with E-state index < -0.39 is 5.60 Å². The molecule has 0 N–H and O–H groups in total. The summed E-state index contributed by atoms with van der Waals surface area (Å²) in [5, 5.41) is 0.638. The van der Waals surface area contributed by atoms with Crippen molar-refractivity contribution in [2.75, 3.05) is 26.7 Å². The Morgan fingerprint density at radius 1 is 1.24 bits per heavy atom. The van der Waals surface area contributed by atoms with Crippen LogP contribution in [0.2, 0.25) is 5.02 Å². The fourth-order valence-electron chi connectivity index (χ4n) is 5.81. The monoisotopic (exact) mass is 527 g/mol. The van der Waals surface area contributed by atoms with Gasteiger partial charge in [-0.05, 0) is 51.8 Å². The lowest BCUT2D eigenvalue weighted by molar-refractivity contribution is -0.141. The van der Waals surface area contributed by atoms with E-state index in [1.165, 1.54) is 7.11 Å². The van der Waals surface area contributed by atoms with Gasteiger partial charge in [-0.25, -0.2) is 4.79 Å². The van der Waals surface area contributed by atoms with Crippen molar-refractivity contribution in [3.63, 3.8) is 0 Å². The Morgan fingerprint density at radius 3 is 2.81 bits per heavy atom. The number of carbonyl (C=O) groups is 2. The zero-order chi connectivity index (χ0) is 26.4. The molecule has 9 heteroatoms. The van der Waals surface area contributed by atoms with Crippen molar-refractivity contribution in [1.29, 1.82) is 0 Å². The number of esters is 1. The standard InChI is InChI=1S/C28H34ClN3O5/c1-27(2,3)37-26(34)32-13-12-31(16-20(32)8-10-24(33)35-4)23-15-28(23)21-9-7-19(29)14-22(21)36-17-18-6-5-11-30-25(18)28/h5-7,9,11,14,20,23H,8,10,12-13,15-17H2,1-4H3/t20-,23?,28?/m0/s1. The number of piperazine rings is 1. The molecular formula is C28H34ClN3O5. The summed E-state index contributed by atoms with van der Waals surface area (Å²) in [5.74, 6) is 0.511. The van der Waals surface area contributed by atoms with Crippen molar-refractivity contribution in [1.82, 2.24) is 14.8 Å². The van der Waals surface area contributed by atoms with Crippen molar-refractivity contribution >= 4 is 23.7 Å². The van der Waals surface area contributed by atoms with Crippen LogP contribution in [0.3, 0.4) is 0 Å². The third kappa shape index (κ3) is 5.01. The highest BCUT2D eigenvalue weighted by Crippen LogP contribution is 2.60. The number of aromatic nitrogens is 1. The number of nitrogens with zero attached hydrogens (tertiary/aromatic N) is 3. The predicted octanol–water partition coefficient (Wildman–Crippen LogP) is 4.56. The van der Waals surface area contributed by atoms with Crippen LogP contribution < -0.4 is 4.74 Å². The second kappa shape index (κ2) is 9.80. The normalized spacial score (nSPS) is 24.9. The smallest absolute Gasteiger partial charge is 0.410 e. The zero-order valence-electron chi connectivity index (χ0n) is 21.8. The third-order valence-corrected chi connectivity index (χ3v) is 7.77. The first-order valence-corrected chi connectivity index (χ1v) is 13.2. The molecule has 37 heavy (non-hydrogen) atoms. The van der Waals surface area contributed by atoms with E-state index in [-0.39, 0.29) is 36.0 Å². The Hall–Kier alpha value is -2.84. The van der Waals surface area contributed by atoms with Crippen LogP contribution in [0, 0.1) is 0 Å². The van der Waals surface area contributed by atoms with Crippen LogP contribution >= 0.6 is 11.6 Å². The average Bonchev–Trinajstić information content (AvgIpc) is 3.63. The van der Waals surface area contributed by atoms with E-state index in [0.717, 1.165) is 29.0 Å². The molecule has 1 spiro atoms. The van der Waals surface area contributed by atoms with Gasteiger partial charge in [0.2, 0.25) is 0 Å². The molecule has 1 saturated carbocycles. The molecular weight excluding hydrogens is 494 g/mol. The molecule has 198 valence electrons. The summed E-state index contributed by atoms with van der Waals surface area (Å²) in [6.07, 6.45) is 3.14. The largest absolute Gasteiger partial charge is 0.488 e. The number of hydrogen-bond acceptors (Lipinski definition) is 7. The maximum absolute atomic E-state index is 13.1. The van der Waals surface area contributed by atoms with Gasteiger partial charge in [-0.1, -0.05) is 23.7 Å². The van der Waals surface area contributed by atoms with E-state index in [0.29, 0.717) is 37.7 Å². The van der Waals surface area contributed by atoms with E-state index in [1.807, 2.05) is 45.2 Å². The Labute approximate surface area is 222 Å². The minimum Gasteiger partial charge on any atom is -0.488 e. The van der Waals surface area contributed by atoms with Crippen LogP contribution in [0.5, 0.6) is 5.75 Å². The van der Waals surface area contributed by atoms with Crippen LogP contribution in [-0.4, -0.2) is 71.3 Å². The van der Waals surface area contributed by atoms with E-state index in [9.17, 15) is 9.59 Å². The zero-order valence-corrected chi connectivity index (χ0v) is 22.6. The van der Waals surface area contributed by atoms with Gasteiger partial charge >= 0.3 is 12.1 Å². The summed E-state index contributed by atoms with van der Waals surface area (Å²) in [5.41, 5.74) is 2.31. The van der Waals surface area contributed by atoms with Gasteiger partial charge in [0.25, 0.3) is 0 Å². The van der Waals surface area contributed by atoms with Gasteiger partial charge in [-0.3, -0.25) is 14.7 Å². The van der Waals surface area contributed by atoms with Crippen LogP contribution in [0.4, 0.5) is 4.79 Å². The van der Waals surface area contributed by atoms with Crippen LogP contribution in [0.1, 0.15) is 56.9 Å². The van der Waals surface area contributed by atoms with Crippen LogP contribution in [0.15, 0.2) is 36.5 Å². The summed E-state index contributed by atoms with van der Waals surface area (Å²) in [6.45, 7) is 7.88. The first-order valence-electron chi connectivity index (χ1n) is 12.8. The van der Waals surface area contributed by atoms with Crippen molar-refractivity contribution in [2.24, 2.45) is 0 Å². The third-order valence-electron chi connectivity index (χ3n) is 7.54. The lowest BCUT2D eigenvalue weighted by Gasteiger charge is -2.42. The maximum Gasteiger partial charge on any atom is 0.410 e. The Bertz CT molecular complexity index is 1200. The maximum atomic E-state index is 13.1. The van der Waals surface area contributed by atoms with Gasteiger partial charge in [0, 0.05) is 60.5 Å². The highest BCUT2D eigenvalue weighted by molar-refractivity contribution is 6.30. The fraction of sp³-hybridized carbons (Fsp3) is 0.536. The molecule has 1 aromatic carbocycles. The van der Waals surface area contributed by atoms with Crippen LogP contribution in [-0.2, 0) is 26.3 Å². The summed E-state index contributed by atoms with van der Waals surface area (Å²) in [6, 6.07) is 9.89. The molecule has 3 atom stereocenters. The quantitative estimate of drug-likeness (QED) is 0.539. The van der Waals surface area contributed by atoms with E-state index >= 15 is 0 Å². The number of pyridine rings is 1. The number of hydrogen-bond donors (Lipinski definition) is 0. The average molecular weight is 528 g/mol. The molecule has 0 radical (unpaired) electrons. The first kappa shape index (κ1) is 25.8. The summed E-state index contributed by atoms with van der Waals surface area (Å²) in [7, 11) is 1.39. The summed E-state index contributed by atoms with van der Waals surface area (Å²) < 4.78 is 16.8. The number of methoxy groups -OCH3 is 1. The molecule has 1 saturated heterocycles. The lowest BCUT2D eigenvalue weighted by Crippen LogP contribution is -2.57. The fourth-order valence-corrected chi connectivity index (χ4v) is 5.97. The second-order valence-electron chi connectivity index (χ2n) is 11.1. The molecule has 1 amide bonds. The minimum absolute atomic E-state index is 0.171. The molecule has 5 rings (SSSR count). The minimum atomic E-state index is -0.595. The number of rotatable bonds is 4. The van der Waals surface area contributed by atoms with Crippen molar-refractivity contribution in [2.45, 2.75) is 69.7 Å². The number of benzene rings is 1. The first-order chi connectivity index (χ1) is 17.6. The van der Waals surface area contributed by atoms with Crippen molar-refractivity contribution in [3.05, 3.63) is 58.4 Å². The molecule has 2 fully saturated rings. The molecule has 3 heterocycles. The number of fused-ring (bicyclic) bond motifs is 4. The summed E-state index contributed by atoms with van der Waals surface area (Å²) >= 11 is 6.33. The molecule has 2 unspecified atom stereocenters. The van der Waals surface area contributed by atoms with Crippen molar-refractivity contribution in [3.8, 4) is 5.75 Å². The van der Waals surface area contributed by atoms with Gasteiger partial charge in [0.15, 0.2) is 0 Å². The highest BCUT2D eigenvalue weighted by atomic mass is 35.5. The van der Waals surface area contributed by atoms with Gasteiger partial charge in [0.05, 0.1) is 18.2 Å². The second-order valence-corrected chi connectivity index (χ2v) is 11.5. The van der Waals surface area contributed by atoms with Crippen LogP contribution in [0.25, 0.3) is 0 Å². The Kier molecular flexibility index (Phi) is 6.83. The Balaban J connectivity index is 1.44. The Morgan fingerprint density at radius 2 is 2.05 bits per heavy atom. The molecule has 1 aromatic heterocycles. The topological polar surface area (TPSA) is 81.2 Å². The number of halogens is 1. The lowest BCUT2D eigenvalue weighted by atomic mass is 9.88. The van der Waals surface area contributed by atoms with Gasteiger partial charge in [0.1, 0.15) is 18.0 Å². The van der Waals surface area contributed by atoms with Gasteiger partial charge < -0.3 is 19.1 Å². The number of amides is 1. The van der Waals surface area contributed by atoms with E-state index in [1.54, 1.807) is 4.90 Å². The highest BCUT2D eigenvalue weighted by Gasteiger charge is 2.63. The SMILES string of the molecule is COC(=O)CC[C@H]1CN(C2CC23c2ccc(Cl)cc2OCc2cccnc23)CCN1C(=O)OC(C)(C)C. The van der Waals surface area contributed by atoms with Crippen molar-refractivity contribution < 1.29 is 23.8 Å². The van der Waals surface area contributed by atoms with E-state index in [4.69, 9.17) is 30.8 Å². The van der Waals surface area contributed by atoms with E-state index in [2.05, 4.69) is 17.0 Å². The molecule has 8 nitrogen and oxygen atoms in total. The summed E-state index contributed by atoms with van der Waals surface area (Å²) in [4.78, 5) is 34.1. The number of ether oxygens (including phenoxy) is 3.